The number of hydrogen-bond acceptors (Lipinski definition) is 3. The van der Waals surface area contributed by atoms with Crippen molar-refractivity contribution in [2.75, 3.05) is 18.5 Å². The molecule has 1 fully saturated rings. The van der Waals surface area contributed by atoms with Crippen LogP contribution in [0.5, 0.6) is 5.75 Å². The van der Waals surface area contributed by atoms with E-state index in [0.717, 1.165) is 36.3 Å². The third kappa shape index (κ3) is 3.96. The van der Waals surface area contributed by atoms with Crippen molar-refractivity contribution in [1.82, 2.24) is 0 Å². The zero-order valence-corrected chi connectivity index (χ0v) is 13.2. The summed E-state index contributed by atoms with van der Waals surface area (Å²) in [6.45, 7) is 3.25. The molecular formula is C15H20BrNO3. The van der Waals surface area contributed by atoms with Crippen LogP contribution in [0.4, 0.5) is 5.69 Å². The van der Waals surface area contributed by atoms with Crippen LogP contribution < -0.4 is 10.1 Å². The van der Waals surface area contributed by atoms with Crippen molar-refractivity contribution in [2.45, 2.75) is 37.6 Å². The third-order valence-electron chi connectivity index (χ3n) is 3.24. The molecule has 0 aromatic heterocycles. The molecule has 0 radical (unpaired) electrons. The molecule has 2 rings (SSSR count). The van der Waals surface area contributed by atoms with E-state index in [0.29, 0.717) is 18.5 Å². The number of hydrogen-bond donors (Lipinski definition) is 1. The summed E-state index contributed by atoms with van der Waals surface area (Å²) in [7, 11) is 0. The summed E-state index contributed by atoms with van der Waals surface area (Å²) < 4.78 is 11.0. The minimum Gasteiger partial charge on any atom is -0.494 e. The molecule has 0 aliphatic carbocycles. The van der Waals surface area contributed by atoms with Crippen molar-refractivity contribution in [1.29, 1.82) is 0 Å². The van der Waals surface area contributed by atoms with Crippen LogP contribution in [0, 0.1) is 0 Å². The van der Waals surface area contributed by atoms with E-state index in [1.165, 1.54) is 0 Å². The Morgan fingerprint density at radius 1 is 1.50 bits per heavy atom. The first-order valence-electron chi connectivity index (χ1n) is 6.98. The zero-order valence-electron chi connectivity index (χ0n) is 11.7. The average Bonchev–Trinajstić information content (AvgIpc) is 2.50. The molecule has 20 heavy (non-hydrogen) atoms. The van der Waals surface area contributed by atoms with Crippen LogP contribution in [0.25, 0.3) is 0 Å². The number of halogens is 1. The van der Waals surface area contributed by atoms with Crippen molar-refractivity contribution in [3.05, 3.63) is 23.8 Å². The number of benzene rings is 1. The van der Waals surface area contributed by atoms with Gasteiger partial charge in [0.15, 0.2) is 0 Å². The Hall–Kier alpha value is -1.07. The van der Waals surface area contributed by atoms with Gasteiger partial charge in [0.25, 0.3) is 5.91 Å². The number of ether oxygens (including phenoxy) is 2. The lowest BCUT2D eigenvalue weighted by Gasteiger charge is -2.22. The molecule has 1 heterocycles. The van der Waals surface area contributed by atoms with E-state index in [-0.39, 0.29) is 12.0 Å². The van der Waals surface area contributed by atoms with Gasteiger partial charge in [-0.3, -0.25) is 4.79 Å². The molecule has 110 valence electrons. The van der Waals surface area contributed by atoms with Gasteiger partial charge in [-0.1, -0.05) is 15.9 Å². The maximum absolute atomic E-state index is 12.1. The van der Waals surface area contributed by atoms with Crippen LogP contribution in [0.3, 0.4) is 0 Å². The largest absolute Gasteiger partial charge is 0.494 e. The lowest BCUT2D eigenvalue weighted by Crippen LogP contribution is -2.33. The topological polar surface area (TPSA) is 47.6 Å². The maximum Gasteiger partial charge on any atom is 0.253 e. The molecule has 0 saturated carbocycles. The van der Waals surface area contributed by atoms with Crippen LogP contribution in [0.2, 0.25) is 0 Å². The van der Waals surface area contributed by atoms with Crippen LogP contribution >= 0.6 is 15.9 Å². The van der Waals surface area contributed by atoms with Crippen LogP contribution in [-0.4, -0.2) is 25.2 Å². The molecule has 0 spiro atoms. The van der Waals surface area contributed by atoms with Gasteiger partial charge in [-0.2, -0.15) is 0 Å². The molecule has 1 atom stereocenters. The Morgan fingerprint density at radius 2 is 2.35 bits per heavy atom. The third-order valence-corrected chi connectivity index (χ3v) is 3.85. The van der Waals surface area contributed by atoms with Crippen molar-refractivity contribution in [3.8, 4) is 5.75 Å². The van der Waals surface area contributed by atoms with Gasteiger partial charge in [0, 0.05) is 23.2 Å². The van der Waals surface area contributed by atoms with E-state index in [4.69, 9.17) is 9.47 Å². The Labute approximate surface area is 128 Å². The lowest BCUT2D eigenvalue weighted by molar-refractivity contribution is -0.129. The molecule has 1 aliphatic rings. The monoisotopic (exact) mass is 341 g/mol. The fourth-order valence-corrected chi connectivity index (χ4v) is 2.67. The van der Waals surface area contributed by atoms with Crippen LogP contribution in [-0.2, 0) is 14.9 Å². The lowest BCUT2D eigenvalue weighted by atomic mass is 10.1. The molecule has 1 N–H and O–H groups in total. The summed E-state index contributed by atoms with van der Waals surface area (Å²) >= 11 is 3.44. The molecule has 5 heteroatoms. The summed E-state index contributed by atoms with van der Waals surface area (Å²) in [6.07, 6.45) is 2.57. The summed E-state index contributed by atoms with van der Waals surface area (Å²) in [5.41, 5.74) is 1.80. The molecule has 1 aromatic rings. The Bertz CT molecular complexity index is 458. The van der Waals surface area contributed by atoms with Gasteiger partial charge in [0.2, 0.25) is 0 Å². The summed E-state index contributed by atoms with van der Waals surface area (Å²) in [5, 5.41) is 3.60. The van der Waals surface area contributed by atoms with E-state index in [2.05, 4.69) is 21.2 Å². The molecule has 1 amide bonds. The Balaban J connectivity index is 2.03. The minimum absolute atomic E-state index is 0.0608. The number of alkyl halides is 1. The van der Waals surface area contributed by atoms with Gasteiger partial charge in [-0.25, -0.2) is 0 Å². The van der Waals surface area contributed by atoms with E-state index in [1.807, 2.05) is 25.1 Å². The summed E-state index contributed by atoms with van der Waals surface area (Å²) in [5.74, 6) is 0.783. The van der Waals surface area contributed by atoms with Crippen molar-refractivity contribution < 1.29 is 14.3 Å². The highest BCUT2D eigenvalue weighted by Gasteiger charge is 2.22. The van der Waals surface area contributed by atoms with E-state index in [1.54, 1.807) is 0 Å². The number of carbonyl (C=O) groups is 1. The standard InChI is InChI=1S/C15H20BrNO3/c1-2-19-13-7-6-12(9-11(13)10-16)17-15(18)14-5-3-4-8-20-14/h6-7,9,14H,2-5,8,10H2,1H3,(H,17,18). The van der Waals surface area contributed by atoms with E-state index >= 15 is 0 Å². The van der Waals surface area contributed by atoms with Gasteiger partial charge in [0.1, 0.15) is 11.9 Å². The van der Waals surface area contributed by atoms with Crippen molar-refractivity contribution >= 4 is 27.5 Å². The summed E-state index contributed by atoms with van der Waals surface area (Å²) in [6, 6.07) is 5.68. The van der Waals surface area contributed by atoms with Gasteiger partial charge in [-0.05, 0) is 44.4 Å². The highest BCUT2D eigenvalue weighted by molar-refractivity contribution is 9.08. The number of carbonyl (C=O) groups excluding carboxylic acids is 1. The van der Waals surface area contributed by atoms with Gasteiger partial charge in [0.05, 0.1) is 6.61 Å². The normalized spacial score (nSPS) is 18.6. The number of rotatable bonds is 5. The fourth-order valence-electron chi connectivity index (χ4n) is 2.23. The molecule has 1 aromatic carbocycles. The number of nitrogens with one attached hydrogen (secondary N) is 1. The Kier molecular flexibility index (Phi) is 5.86. The first-order valence-corrected chi connectivity index (χ1v) is 8.11. The number of anilines is 1. The fraction of sp³-hybridized carbons (Fsp3) is 0.533. The van der Waals surface area contributed by atoms with E-state index in [9.17, 15) is 4.79 Å². The molecular weight excluding hydrogens is 322 g/mol. The minimum atomic E-state index is -0.317. The SMILES string of the molecule is CCOc1ccc(NC(=O)C2CCCCO2)cc1CBr. The Morgan fingerprint density at radius 3 is 3.00 bits per heavy atom. The second kappa shape index (κ2) is 7.64. The molecule has 1 aliphatic heterocycles. The second-order valence-electron chi connectivity index (χ2n) is 4.73. The molecule has 1 unspecified atom stereocenters. The first kappa shape index (κ1) is 15.3. The average molecular weight is 342 g/mol. The number of amides is 1. The highest BCUT2D eigenvalue weighted by Crippen LogP contribution is 2.25. The quantitative estimate of drug-likeness (QED) is 0.834. The van der Waals surface area contributed by atoms with Crippen molar-refractivity contribution in [2.24, 2.45) is 0 Å². The first-order chi connectivity index (χ1) is 9.74. The van der Waals surface area contributed by atoms with Crippen LogP contribution in [0.1, 0.15) is 31.7 Å². The highest BCUT2D eigenvalue weighted by atomic mass is 79.9. The predicted molar refractivity (Wildman–Crippen MR) is 82.5 cm³/mol. The second-order valence-corrected chi connectivity index (χ2v) is 5.29. The van der Waals surface area contributed by atoms with Gasteiger partial charge in [-0.15, -0.1) is 0 Å². The van der Waals surface area contributed by atoms with Crippen molar-refractivity contribution in [3.63, 3.8) is 0 Å². The summed E-state index contributed by atoms with van der Waals surface area (Å²) in [4.78, 5) is 12.1. The molecule has 0 bridgehead atoms. The maximum atomic E-state index is 12.1. The van der Waals surface area contributed by atoms with Gasteiger partial charge >= 0.3 is 0 Å². The van der Waals surface area contributed by atoms with E-state index < -0.39 is 0 Å². The molecule has 1 saturated heterocycles. The predicted octanol–water partition coefficient (Wildman–Crippen LogP) is 3.49. The zero-order chi connectivity index (χ0) is 14.4. The van der Waals surface area contributed by atoms with Crippen LogP contribution in [0.15, 0.2) is 18.2 Å². The van der Waals surface area contributed by atoms with Gasteiger partial charge < -0.3 is 14.8 Å². The smallest absolute Gasteiger partial charge is 0.253 e. The molecule has 4 nitrogen and oxygen atoms in total.